The number of aryl methyl sites for hydroxylation is 1. The number of nitrogens with one attached hydrogen (secondary N) is 1. The fourth-order valence-corrected chi connectivity index (χ4v) is 2.85. The van der Waals surface area contributed by atoms with E-state index in [1.165, 1.54) is 37.1 Å². The summed E-state index contributed by atoms with van der Waals surface area (Å²) >= 11 is 0. The number of amides is 2. The molecule has 0 saturated heterocycles. The predicted octanol–water partition coefficient (Wildman–Crippen LogP) is 5.41. The molecule has 0 fully saturated rings. The Labute approximate surface area is 159 Å². The molecule has 0 unspecified atom stereocenters. The van der Waals surface area contributed by atoms with Gasteiger partial charge in [-0.3, -0.25) is 15.0 Å². The van der Waals surface area contributed by atoms with Gasteiger partial charge in [0.15, 0.2) is 0 Å². The molecular formula is C22H36N2O2. The quantitative estimate of drug-likeness (QED) is 0.473. The maximum atomic E-state index is 12.9. The zero-order chi connectivity index (χ0) is 19.6. The first-order valence-corrected chi connectivity index (χ1v) is 9.96. The van der Waals surface area contributed by atoms with Crippen molar-refractivity contribution in [2.45, 2.75) is 91.5 Å². The van der Waals surface area contributed by atoms with Crippen molar-refractivity contribution < 1.29 is 9.59 Å². The number of hydrogen-bond acceptors (Lipinski definition) is 2. The Morgan fingerprint density at radius 1 is 1.00 bits per heavy atom. The Balaban J connectivity index is 2.55. The van der Waals surface area contributed by atoms with Crippen LogP contribution >= 0.6 is 0 Å². The second-order valence-electron chi connectivity index (χ2n) is 8.09. The van der Waals surface area contributed by atoms with Crippen LogP contribution in [0.2, 0.25) is 0 Å². The van der Waals surface area contributed by atoms with E-state index >= 15 is 0 Å². The minimum Gasteiger partial charge on any atom is -0.273 e. The summed E-state index contributed by atoms with van der Waals surface area (Å²) in [6.07, 6.45) is 8.65. The molecule has 0 radical (unpaired) electrons. The smallest absolute Gasteiger partial charge is 0.272 e. The maximum Gasteiger partial charge on any atom is 0.272 e. The van der Waals surface area contributed by atoms with Gasteiger partial charge in [-0.1, -0.05) is 63.1 Å². The summed E-state index contributed by atoms with van der Waals surface area (Å²) in [6, 6.07) is 7.46. The number of carbonyl (C=O) groups excluding carboxylic acids is 2. The highest BCUT2D eigenvalue weighted by atomic mass is 16.2. The van der Waals surface area contributed by atoms with Gasteiger partial charge in [0, 0.05) is 12.0 Å². The van der Waals surface area contributed by atoms with Crippen LogP contribution in [-0.2, 0) is 4.79 Å². The molecule has 1 N–H and O–H groups in total. The third-order valence-corrected chi connectivity index (χ3v) is 4.38. The van der Waals surface area contributed by atoms with Crippen LogP contribution in [0.15, 0.2) is 24.3 Å². The molecule has 0 aromatic heterocycles. The van der Waals surface area contributed by atoms with Crippen molar-refractivity contribution in [2.75, 3.05) is 0 Å². The van der Waals surface area contributed by atoms with Gasteiger partial charge in [-0.2, -0.15) is 0 Å². The number of nitrogens with zero attached hydrogens (tertiary/aromatic N) is 1. The standard InChI is InChI=1S/C22H36N2O2/c1-6-7-8-9-10-11-12-16-20(25)23-24(22(3,4)5)21(26)19-15-13-14-18(2)17-19/h13-15,17H,6-12,16H2,1-5H3,(H,23,25). The van der Waals surface area contributed by atoms with Gasteiger partial charge in [0.1, 0.15) is 0 Å². The number of benzene rings is 1. The van der Waals surface area contributed by atoms with Crippen molar-refractivity contribution in [3.63, 3.8) is 0 Å². The topological polar surface area (TPSA) is 49.4 Å². The van der Waals surface area contributed by atoms with Crippen molar-refractivity contribution in [1.29, 1.82) is 0 Å². The van der Waals surface area contributed by atoms with E-state index in [0.29, 0.717) is 12.0 Å². The van der Waals surface area contributed by atoms with Gasteiger partial charge < -0.3 is 0 Å². The first kappa shape index (κ1) is 22.2. The van der Waals surface area contributed by atoms with Crippen molar-refractivity contribution >= 4 is 11.8 Å². The average molecular weight is 361 g/mol. The average Bonchev–Trinajstić information content (AvgIpc) is 2.57. The van der Waals surface area contributed by atoms with Crippen molar-refractivity contribution in [1.82, 2.24) is 10.4 Å². The summed E-state index contributed by atoms with van der Waals surface area (Å²) in [4.78, 5) is 25.2. The molecule has 1 aromatic rings. The van der Waals surface area contributed by atoms with Crippen LogP contribution in [0.5, 0.6) is 0 Å². The molecule has 0 aliphatic carbocycles. The summed E-state index contributed by atoms with van der Waals surface area (Å²) < 4.78 is 0. The van der Waals surface area contributed by atoms with E-state index in [9.17, 15) is 9.59 Å². The van der Waals surface area contributed by atoms with Gasteiger partial charge in [-0.25, -0.2) is 5.01 Å². The van der Waals surface area contributed by atoms with Crippen LogP contribution in [0.3, 0.4) is 0 Å². The zero-order valence-corrected chi connectivity index (χ0v) is 17.2. The molecule has 0 bridgehead atoms. The van der Waals surface area contributed by atoms with E-state index < -0.39 is 5.54 Å². The van der Waals surface area contributed by atoms with Crippen molar-refractivity contribution in [2.24, 2.45) is 0 Å². The Hall–Kier alpha value is -1.84. The van der Waals surface area contributed by atoms with Crippen LogP contribution < -0.4 is 5.43 Å². The number of rotatable bonds is 9. The zero-order valence-electron chi connectivity index (χ0n) is 17.2. The monoisotopic (exact) mass is 360 g/mol. The van der Waals surface area contributed by atoms with E-state index in [1.54, 1.807) is 6.07 Å². The minimum atomic E-state index is -0.489. The summed E-state index contributed by atoms with van der Waals surface area (Å²) in [7, 11) is 0. The molecule has 0 atom stereocenters. The van der Waals surface area contributed by atoms with Crippen LogP contribution in [0.4, 0.5) is 0 Å². The molecule has 26 heavy (non-hydrogen) atoms. The first-order chi connectivity index (χ1) is 12.3. The van der Waals surface area contributed by atoms with Crippen LogP contribution in [0, 0.1) is 6.92 Å². The lowest BCUT2D eigenvalue weighted by Gasteiger charge is -2.35. The SMILES string of the molecule is CCCCCCCCCC(=O)NN(C(=O)c1cccc(C)c1)C(C)(C)C. The van der Waals surface area contributed by atoms with Crippen molar-refractivity contribution in [3.05, 3.63) is 35.4 Å². The molecule has 0 heterocycles. The van der Waals surface area contributed by atoms with Gasteiger partial charge in [0.05, 0.1) is 5.54 Å². The Morgan fingerprint density at radius 3 is 2.19 bits per heavy atom. The lowest BCUT2D eigenvalue weighted by atomic mass is 10.1. The van der Waals surface area contributed by atoms with E-state index in [0.717, 1.165) is 18.4 Å². The van der Waals surface area contributed by atoms with Crippen molar-refractivity contribution in [3.8, 4) is 0 Å². The molecule has 2 amide bonds. The van der Waals surface area contributed by atoms with E-state index in [1.807, 2.05) is 45.9 Å². The number of hydrazine groups is 1. The lowest BCUT2D eigenvalue weighted by molar-refractivity contribution is -0.127. The van der Waals surface area contributed by atoms with Gasteiger partial charge in [-0.05, 0) is 46.2 Å². The van der Waals surface area contributed by atoms with Gasteiger partial charge in [0.25, 0.3) is 5.91 Å². The fraction of sp³-hybridized carbons (Fsp3) is 0.636. The fourth-order valence-electron chi connectivity index (χ4n) is 2.85. The summed E-state index contributed by atoms with van der Waals surface area (Å²) in [5, 5.41) is 1.46. The highest BCUT2D eigenvalue weighted by Crippen LogP contribution is 2.16. The Bertz CT molecular complexity index is 576. The number of unbranched alkanes of at least 4 members (excludes halogenated alkanes) is 6. The highest BCUT2D eigenvalue weighted by molar-refractivity contribution is 5.96. The highest BCUT2D eigenvalue weighted by Gasteiger charge is 2.29. The third kappa shape index (κ3) is 8.03. The summed E-state index contributed by atoms with van der Waals surface area (Å²) in [5.74, 6) is -0.261. The van der Waals surface area contributed by atoms with E-state index in [4.69, 9.17) is 0 Å². The van der Waals surface area contributed by atoms with E-state index in [-0.39, 0.29) is 11.8 Å². The maximum absolute atomic E-state index is 12.9. The van der Waals surface area contributed by atoms with Crippen LogP contribution in [-0.4, -0.2) is 22.4 Å². The molecule has 1 rings (SSSR count). The molecule has 4 nitrogen and oxygen atoms in total. The predicted molar refractivity (Wildman–Crippen MR) is 108 cm³/mol. The molecule has 0 aliphatic heterocycles. The lowest BCUT2D eigenvalue weighted by Crippen LogP contribution is -2.55. The third-order valence-electron chi connectivity index (χ3n) is 4.38. The van der Waals surface area contributed by atoms with Gasteiger partial charge >= 0.3 is 0 Å². The molecule has 146 valence electrons. The second kappa shape index (κ2) is 11.0. The Kier molecular flexibility index (Phi) is 9.39. The first-order valence-electron chi connectivity index (χ1n) is 9.96. The Morgan fingerprint density at radius 2 is 1.62 bits per heavy atom. The van der Waals surface area contributed by atoms with Gasteiger partial charge in [-0.15, -0.1) is 0 Å². The largest absolute Gasteiger partial charge is 0.273 e. The minimum absolute atomic E-state index is 0.0884. The normalized spacial score (nSPS) is 11.3. The number of carbonyl (C=O) groups is 2. The molecule has 1 aromatic carbocycles. The second-order valence-corrected chi connectivity index (χ2v) is 8.09. The molecule has 0 aliphatic rings. The van der Waals surface area contributed by atoms with E-state index in [2.05, 4.69) is 12.3 Å². The summed E-state index contributed by atoms with van der Waals surface area (Å²) in [5.41, 5.74) is 3.96. The molecule has 0 spiro atoms. The molecule has 0 saturated carbocycles. The molecule has 4 heteroatoms. The molecular weight excluding hydrogens is 324 g/mol. The number of hydrogen-bond donors (Lipinski definition) is 1. The van der Waals surface area contributed by atoms with Gasteiger partial charge in [0.2, 0.25) is 5.91 Å². The van der Waals surface area contributed by atoms with Crippen LogP contribution in [0.25, 0.3) is 0 Å². The summed E-state index contributed by atoms with van der Waals surface area (Å²) in [6.45, 7) is 9.94. The van der Waals surface area contributed by atoms with Crippen LogP contribution in [0.1, 0.15) is 95.0 Å².